The Morgan fingerprint density at radius 2 is 2.26 bits per heavy atom. The highest BCUT2D eigenvalue weighted by atomic mass is 16.6. The van der Waals surface area contributed by atoms with E-state index >= 15 is 0 Å². The minimum absolute atomic E-state index is 0.221. The first kappa shape index (κ1) is 17.0. The zero-order valence-electron chi connectivity index (χ0n) is 14.8. The van der Waals surface area contributed by atoms with E-state index < -0.39 is 6.09 Å². The van der Waals surface area contributed by atoms with Crippen molar-refractivity contribution < 1.29 is 14.3 Å². The van der Waals surface area contributed by atoms with E-state index in [4.69, 9.17) is 4.74 Å². The van der Waals surface area contributed by atoms with Crippen LogP contribution in [0.25, 0.3) is 10.9 Å². The molecule has 1 atom stereocenters. The van der Waals surface area contributed by atoms with Crippen LogP contribution in [0.1, 0.15) is 16.2 Å². The van der Waals surface area contributed by atoms with E-state index in [0.717, 1.165) is 16.6 Å². The Morgan fingerprint density at radius 3 is 3.07 bits per heavy atom. The molecule has 1 aromatic carbocycles. The molecule has 0 saturated carbocycles. The standard InChI is InChI=1S/C17H19N7O3/c1-23-15-5-3-2-4-12(15)13(21-23)6-7-18-16(25)14-10-24(22-20-14)9-11-8-19-17(26)27-11/h2-5,10-11H,6-9H2,1H3,(H,18,25)(H,19,26). The Balaban J connectivity index is 1.32. The van der Waals surface area contributed by atoms with E-state index in [9.17, 15) is 9.59 Å². The van der Waals surface area contributed by atoms with Gasteiger partial charge in [0.1, 0.15) is 6.10 Å². The van der Waals surface area contributed by atoms with Crippen LogP contribution >= 0.6 is 0 Å². The van der Waals surface area contributed by atoms with Crippen LogP contribution in [0.15, 0.2) is 30.5 Å². The van der Waals surface area contributed by atoms with Gasteiger partial charge in [0, 0.05) is 25.4 Å². The summed E-state index contributed by atoms with van der Waals surface area (Å²) in [7, 11) is 1.90. The van der Waals surface area contributed by atoms with Crippen LogP contribution in [0.4, 0.5) is 4.79 Å². The second-order valence-electron chi connectivity index (χ2n) is 6.33. The Hall–Kier alpha value is -3.43. The maximum Gasteiger partial charge on any atom is 0.407 e. The van der Waals surface area contributed by atoms with Gasteiger partial charge in [-0.3, -0.25) is 9.48 Å². The fourth-order valence-corrected chi connectivity index (χ4v) is 3.09. The van der Waals surface area contributed by atoms with Gasteiger partial charge in [-0.25, -0.2) is 9.48 Å². The highest BCUT2D eigenvalue weighted by Gasteiger charge is 2.23. The van der Waals surface area contributed by atoms with Crippen LogP contribution in [0.2, 0.25) is 0 Å². The van der Waals surface area contributed by atoms with Crippen molar-refractivity contribution >= 4 is 22.9 Å². The van der Waals surface area contributed by atoms with Gasteiger partial charge in [0.05, 0.1) is 30.5 Å². The molecule has 4 rings (SSSR count). The van der Waals surface area contributed by atoms with Crippen LogP contribution in [-0.2, 0) is 24.8 Å². The number of nitrogens with one attached hydrogen (secondary N) is 2. The number of amides is 2. The molecule has 1 aliphatic heterocycles. The quantitative estimate of drug-likeness (QED) is 0.643. The topological polar surface area (TPSA) is 116 Å². The van der Waals surface area contributed by atoms with Gasteiger partial charge in [-0.15, -0.1) is 5.10 Å². The number of carbonyl (C=O) groups is 2. The van der Waals surface area contributed by atoms with Crippen molar-refractivity contribution in [2.24, 2.45) is 7.05 Å². The van der Waals surface area contributed by atoms with Crippen LogP contribution in [-0.4, -0.2) is 56.0 Å². The van der Waals surface area contributed by atoms with E-state index in [1.165, 1.54) is 10.9 Å². The second kappa shape index (κ2) is 7.06. The van der Waals surface area contributed by atoms with Gasteiger partial charge in [-0.2, -0.15) is 5.10 Å². The number of para-hydroxylation sites is 1. The number of rotatable bonds is 6. The highest BCUT2D eigenvalue weighted by molar-refractivity contribution is 5.91. The van der Waals surface area contributed by atoms with E-state index in [2.05, 4.69) is 26.0 Å². The van der Waals surface area contributed by atoms with Crippen molar-refractivity contribution in [2.75, 3.05) is 13.1 Å². The number of hydrogen-bond acceptors (Lipinski definition) is 6. The first-order valence-electron chi connectivity index (χ1n) is 8.63. The summed E-state index contributed by atoms with van der Waals surface area (Å²) >= 11 is 0. The molecule has 1 saturated heterocycles. The zero-order valence-corrected chi connectivity index (χ0v) is 14.8. The van der Waals surface area contributed by atoms with Gasteiger partial charge >= 0.3 is 6.09 Å². The minimum Gasteiger partial charge on any atom is -0.442 e. The van der Waals surface area contributed by atoms with Gasteiger partial charge in [0.2, 0.25) is 0 Å². The Labute approximate surface area is 154 Å². The summed E-state index contributed by atoms with van der Waals surface area (Å²) in [6.07, 6.45) is 1.40. The minimum atomic E-state index is -0.444. The number of alkyl carbamates (subject to hydrolysis) is 1. The molecule has 1 unspecified atom stereocenters. The molecule has 3 aromatic rings. The number of aryl methyl sites for hydroxylation is 1. The number of ether oxygens (including phenoxy) is 1. The van der Waals surface area contributed by atoms with Gasteiger partial charge in [-0.05, 0) is 6.07 Å². The van der Waals surface area contributed by atoms with Crippen molar-refractivity contribution in [1.29, 1.82) is 0 Å². The molecule has 27 heavy (non-hydrogen) atoms. The monoisotopic (exact) mass is 369 g/mol. The summed E-state index contributed by atoms with van der Waals surface area (Å²) in [4.78, 5) is 23.3. The lowest BCUT2D eigenvalue weighted by atomic mass is 10.1. The predicted molar refractivity (Wildman–Crippen MR) is 95.0 cm³/mol. The van der Waals surface area contributed by atoms with Crippen molar-refractivity contribution in [3.8, 4) is 0 Å². The summed E-state index contributed by atoms with van der Waals surface area (Å²) in [5.41, 5.74) is 2.22. The van der Waals surface area contributed by atoms with Crippen LogP contribution in [0, 0.1) is 0 Å². The molecule has 0 aliphatic carbocycles. The number of cyclic esters (lactones) is 1. The molecule has 10 nitrogen and oxygen atoms in total. The average molecular weight is 369 g/mol. The lowest BCUT2D eigenvalue weighted by molar-refractivity contribution is 0.0948. The zero-order chi connectivity index (χ0) is 18.8. The van der Waals surface area contributed by atoms with Crippen molar-refractivity contribution in [3.05, 3.63) is 41.9 Å². The van der Waals surface area contributed by atoms with Gasteiger partial charge in [0.25, 0.3) is 5.91 Å². The van der Waals surface area contributed by atoms with E-state index in [1.54, 1.807) is 0 Å². The maximum atomic E-state index is 12.3. The van der Waals surface area contributed by atoms with Gasteiger partial charge in [-0.1, -0.05) is 23.4 Å². The number of hydrogen-bond donors (Lipinski definition) is 2. The molecule has 1 fully saturated rings. The largest absolute Gasteiger partial charge is 0.442 e. The first-order valence-corrected chi connectivity index (χ1v) is 8.63. The Bertz CT molecular complexity index is 993. The Kier molecular flexibility index (Phi) is 4.45. The lowest BCUT2D eigenvalue weighted by Crippen LogP contribution is -2.26. The van der Waals surface area contributed by atoms with E-state index in [1.807, 2.05) is 36.0 Å². The predicted octanol–water partition coefficient (Wildman–Crippen LogP) is 0.246. The molecule has 0 spiro atoms. The third-order valence-electron chi connectivity index (χ3n) is 4.39. The van der Waals surface area contributed by atoms with Gasteiger partial charge < -0.3 is 15.4 Å². The molecule has 10 heteroatoms. The molecule has 140 valence electrons. The number of fused-ring (bicyclic) bond motifs is 1. The summed E-state index contributed by atoms with van der Waals surface area (Å²) in [6.45, 7) is 1.20. The molecule has 2 N–H and O–H groups in total. The molecule has 0 bridgehead atoms. The molecule has 2 aromatic heterocycles. The van der Waals surface area contributed by atoms with Crippen LogP contribution in [0.3, 0.4) is 0 Å². The SMILES string of the molecule is Cn1nc(CCNC(=O)c2cn(CC3CNC(=O)O3)nn2)c2ccccc21. The number of aromatic nitrogens is 5. The van der Waals surface area contributed by atoms with Crippen LogP contribution in [0.5, 0.6) is 0 Å². The smallest absolute Gasteiger partial charge is 0.407 e. The van der Waals surface area contributed by atoms with Crippen molar-refractivity contribution in [2.45, 2.75) is 19.1 Å². The van der Waals surface area contributed by atoms with E-state index in [-0.39, 0.29) is 17.7 Å². The summed E-state index contributed by atoms with van der Waals surface area (Å²) in [5.74, 6) is -0.303. The third-order valence-corrected chi connectivity index (χ3v) is 4.39. The van der Waals surface area contributed by atoms with Crippen molar-refractivity contribution in [1.82, 2.24) is 35.4 Å². The summed E-state index contributed by atoms with van der Waals surface area (Å²) in [5, 5.41) is 18.8. The fraction of sp³-hybridized carbons (Fsp3) is 0.353. The molecule has 3 heterocycles. The number of nitrogens with zero attached hydrogens (tertiary/aromatic N) is 5. The third kappa shape index (κ3) is 3.59. The molecule has 2 amide bonds. The normalized spacial score (nSPS) is 16.3. The number of carbonyl (C=O) groups excluding carboxylic acids is 2. The first-order chi connectivity index (χ1) is 13.1. The van der Waals surface area contributed by atoms with Crippen LogP contribution < -0.4 is 10.6 Å². The average Bonchev–Trinajstić information content (AvgIpc) is 3.36. The highest BCUT2D eigenvalue weighted by Crippen LogP contribution is 2.17. The Morgan fingerprint density at radius 1 is 1.41 bits per heavy atom. The number of benzene rings is 1. The lowest BCUT2D eigenvalue weighted by Gasteiger charge is -2.05. The molecule has 0 radical (unpaired) electrons. The molecule has 1 aliphatic rings. The molecular formula is C17H19N7O3. The van der Waals surface area contributed by atoms with Crippen molar-refractivity contribution in [3.63, 3.8) is 0 Å². The fourth-order valence-electron chi connectivity index (χ4n) is 3.09. The maximum absolute atomic E-state index is 12.3. The summed E-state index contributed by atoms with van der Waals surface area (Å²) in [6, 6.07) is 7.98. The summed E-state index contributed by atoms with van der Waals surface area (Å²) < 4.78 is 8.37. The molecular weight excluding hydrogens is 350 g/mol. The second-order valence-corrected chi connectivity index (χ2v) is 6.33. The van der Waals surface area contributed by atoms with Gasteiger partial charge in [0.15, 0.2) is 5.69 Å². The van der Waals surface area contributed by atoms with E-state index in [0.29, 0.717) is 26.1 Å².